The van der Waals surface area contributed by atoms with Crippen LogP contribution in [0.15, 0.2) is 42.4 Å². The highest BCUT2D eigenvalue weighted by atomic mass is 16.5. The summed E-state index contributed by atoms with van der Waals surface area (Å²) in [6, 6.07) is 9.53. The van der Waals surface area contributed by atoms with Crippen molar-refractivity contribution in [1.29, 1.82) is 0 Å². The summed E-state index contributed by atoms with van der Waals surface area (Å²) < 4.78 is 5.59. The largest absolute Gasteiger partial charge is 0.493 e. The molecule has 0 aromatic heterocycles. The molecule has 0 aliphatic carbocycles. The van der Waals surface area contributed by atoms with E-state index in [0.29, 0.717) is 6.61 Å². The minimum absolute atomic E-state index is 0.237. The molecule has 0 amide bonds. The molecule has 1 aromatic carbocycles. The van der Waals surface area contributed by atoms with Gasteiger partial charge in [-0.15, -0.1) is 0 Å². The van der Waals surface area contributed by atoms with E-state index < -0.39 is 7.12 Å². The summed E-state index contributed by atoms with van der Waals surface area (Å²) in [4.78, 5) is 0. The van der Waals surface area contributed by atoms with E-state index in [-0.39, 0.29) is 5.41 Å². The highest BCUT2D eigenvalue weighted by Gasteiger charge is 2.16. The highest BCUT2D eigenvalue weighted by Crippen LogP contribution is 2.19. The minimum Gasteiger partial charge on any atom is -0.493 e. The van der Waals surface area contributed by atoms with E-state index in [0.717, 1.165) is 5.75 Å². The summed E-state index contributed by atoms with van der Waals surface area (Å²) in [5.74, 6) is 2.16. The quantitative estimate of drug-likeness (QED) is 0.742. The predicted octanol–water partition coefficient (Wildman–Crippen LogP) is 1.66. The molecule has 0 heterocycles. The van der Waals surface area contributed by atoms with Gasteiger partial charge in [0.05, 0.1) is 6.61 Å². The summed E-state index contributed by atoms with van der Waals surface area (Å²) in [6.45, 7) is 4.42. The van der Waals surface area contributed by atoms with Crippen LogP contribution in [0.5, 0.6) is 5.75 Å². The first-order valence-electron chi connectivity index (χ1n) is 5.23. The molecule has 0 unspecified atom stereocenters. The van der Waals surface area contributed by atoms with Crippen LogP contribution in [0.2, 0.25) is 0 Å². The van der Waals surface area contributed by atoms with Gasteiger partial charge in [-0.2, -0.15) is 0 Å². The smallest absolute Gasteiger partial charge is 0.480 e. The van der Waals surface area contributed by atoms with Crippen LogP contribution in [-0.4, -0.2) is 23.8 Å². The van der Waals surface area contributed by atoms with Crippen LogP contribution in [0, 0.1) is 5.41 Å². The van der Waals surface area contributed by atoms with Crippen molar-refractivity contribution in [3.05, 3.63) is 42.4 Å². The number of ether oxygens (including phenoxy) is 1. The Kier molecular flexibility index (Phi) is 4.59. The Balaban J connectivity index is 2.48. The van der Waals surface area contributed by atoms with Crippen LogP contribution in [0.25, 0.3) is 0 Å². The molecule has 2 N–H and O–H groups in total. The van der Waals surface area contributed by atoms with E-state index in [1.807, 2.05) is 44.2 Å². The van der Waals surface area contributed by atoms with Gasteiger partial charge >= 0.3 is 7.12 Å². The van der Waals surface area contributed by atoms with Crippen LogP contribution < -0.4 is 4.74 Å². The number of hydrogen-bond donors (Lipinski definition) is 2. The molecule has 0 aliphatic heterocycles. The zero-order valence-electron chi connectivity index (χ0n) is 9.63. The molecule has 0 bridgehead atoms. The monoisotopic (exact) mass is 220 g/mol. The second-order valence-corrected chi connectivity index (χ2v) is 4.36. The van der Waals surface area contributed by atoms with Gasteiger partial charge in [0.25, 0.3) is 0 Å². The molecule has 3 nitrogen and oxygen atoms in total. The Morgan fingerprint density at radius 1 is 1.25 bits per heavy atom. The fourth-order valence-electron chi connectivity index (χ4n) is 1.18. The number of benzene rings is 1. The van der Waals surface area contributed by atoms with Crippen LogP contribution in [0.4, 0.5) is 0 Å². The molecule has 0 atom stereocenters. The lowest BCUT2D eigenvalue weighted by molar-refractivity contribution is 0.221. The molecule has 1 rings (SSSR count). The Morgan fingerprint density at radius 3 is 2.44 bits per heavy atom. The van der Waals surface area contributed by atoms with Crippen molar-refractivity contribution >= 4 is 7.12 Å². The Morgan fingerprint density at radius 2 is 1.88 bits per heavy atom. The second-order valence-electron chi connectivity index (χ2n) is 4.36. The standard InChI is InChI=1S/C12H17BO3/c1-12(2,8-9-13(14)15)10-16-11-6-4-3-5-7-11/h3-9,14-15H,10H2,1-2H3/b9-8+. The first kappa shape index (κ1) is 12.8. The van der Waals surface area contributed by atoms with Gasteiger partial charge < -0.3 is 14.8 Å². The van der Waals surface area contributed by atoms with Gasteiger partial charge in [0.15, 0.2) is 0 Å². The molecule has 0 fully saturated rings. The first-order chi connectivity index (χ1) is 7.49. The van der Waals surface area contributed by atoms with E-state index in [2.05, 4.69) is 0 Å². The molecule has 16 heavy (non-hydrogen) atoms. The van der Waals surface area contributed by atoms with Crippen LogP contribution in [-0.2, 0) is 0 Å². The number of hydrogen-bond acceptors (Lipinski definition) is 3. The molecule has 0 aliphatic rings. The van der Waals surface area contributed by atoms with Crippen molar-refractivity contribution in [1.82, 2.24) is 0 Å². The predicted molar refractivity (Wildman–Crippen MR) is 65.0 cm³/mol. The average Bonchev–Trinajstić information content (AvgIpc) is 2.26. The van der Waals surface area contributed by atoms with Gasteiger partial charge in [-0.3, -0.25) is 0 Å². The Hall–Kier alpha value is -1.26. The SMILES string of the molecule is CC(C)(/C=C/B(O)O)COc1ccccc1. The molecule has 4 heteroatoms. The van der Waals surface area contributed by atoms with Crippen molar-refractivity contribution in [2.24, 2.45) is 5.41 Å². The molecule has 86 valence electrons. The minimum atomic E-state index is -1.41. The van der Waals surface area contributed by atoms with Gasteiger partial charge in [-0.25, -0.2) is 0 Å². The number of para-hydroxylation sites is 1. The third-order valence-corrected chi connectivity index (χ3v) is 2.07. The molecule has 0 radical (unpaired) electrons. The lowest BCUT2D eigenvalue weighted by Crippen LogP contribution is -2.20. The van der Waals surface area contributed by atoms with E-state index in [9.17, 15) is 0 Å². The molecule has 1 aromatic rings. The Labute approximate surface area is 96.5 Å². The van der Waals surface area contributed by atoms with Crippen molar-refractivity contribution in [2.75, 3.05) is 6.61 Å². The highest BCUT2D eigenvalue weighted by molar-refractivity contribution is 6.47. The summed E-state index contributed by atoms with van der Waals surface area (Å²) in [5.41, 5.74) is -0.237. The van der Waals surface area contributed by atoms with Crippen molar-refractivity contribution in [2.45, 2.75) is 13.8 Å². The van der Waals surface area contributed by atoms with Crippen molar-refractivity contribution < 1.29 is 14.8 Å². The zero-order valence-corrected chi connectivity index (χ0v) is 9.63. The third-order valence-electron chi connectivity index (χ3n) is 2.07. The lowest BCUT2D eigenvalue weighted by Gasteiger charge is -2.20. The summed E-state index contributed by atoms with van der Waals surface area (Å²) >= 11 is 0. The summed E-state index contributed by atoms with van der Waals surface area (Å²) in [7, 11) is -1.41. The molecule has 0 saturated heterocycles. The van der Waals surface area contributed by atoms with Gasteiger partial charge in [-0.1, -0.05) is 44.1 Å². The van der Waals surface area contributed by atoms with Gasteiger partial charge in [0, 0.05) is 5.41 Å². The van der Waals surface area contributed by atoms with Crippen molar-refractivity contribution in [3.8, 4) is 5.75 Å². The second kappa shape index (κ2) is 5.73. The summed E-state index contributed by atoms with van der Waals surface area (Å²) in [5, 5.41) is 17.5. The topological polar surface area (TPSA) is 49.7 Å². The van der Waals surface area contributed by atoms with Crippen LogP contribution in [0.1, 0.15) is 13.8 Å². The molecular weight excluding hydrogens is 203 g/mol. The molecule has 0 saturated carbocycles. The number of rotatable bonds is 5. The normalized spacial score (nSPS) is 11.8. The maximum atomic E-state index is 8.73. The van der Waals surface area contributed by atoms with Gasteiger partial charge in [0.2, 0.25) is 0 Å². The van der Waals surface area contributed by atoms with Gasteiger partial charge in [0.1, 0.15) is 5.75 Å². The van der Waals surface area contributed by atoms with E-state index >= 15 is 0 Å². The van der Waals surface area contributed by atoms with Gasteiger partial charge in [-0.05, 0) is 12.1 Å². The molecular formula is C12H17BO3. The van der Waals surface area contributed by atoms with Crippen LogP contribution >= 0.6 is 0 Å². The fraction of sp³-hybridized carbons (Fsp3) is 0.333. The maximum absolute atomic E-state index is 8.73. The Bertz CT molecular complexity index is 333. The van der Waals surface area contributed by atoms with E-state index in [1.54, 1.807) is 6.08 Å². The van der Waals surface area contributed by atoms with Crippen LogP contribution in [0.3, 0.4) is 0 Å². The summed E-state index contributed by atoms with van der Waals surface area (Å²) in [6.07, 6.45) is 1.74. The fourth-order valence-corrected chi connectivity index (χ4v) is 1.18. The van der Waals surface area contributed by atoms with E-state index in [4.69, 9.17) is 14.8 Å². The average molecular weight is 220 g/mol. The zero-order chi connectivity index (χ0) is 12.0. The third kappa shape index (κ3) is 5.00. The van der Waals surface area contributed by atoms with E-state index in [1.165, 1.54) is 5.98 Å². The first-order valence-corrected chi connectivity index (χ1v) is 5.23. The lowest BCUT2D eigenvalue weighted by atomic mass is 9.84. The van der Waals surface area contributed by atoms with Crippen molar-refractivity contribution in [3.63, 3.8) is 0 Å². The molecule has 0 spiro atoms. The maximum Gasteiger partial charge on any atom is 0.480 e.